The Morgan fingerprint density at radius 3 is 2.25 bits per heavy atom. The number of hydrogen-bond acceptors (Lipinski definition) is 4. The van der Waals surface area contributed by atoms with Crippen molar-refractivity contribution in [1.82, 2.24) is 0 Å². The van der Waals surface area contributed by atoms with Crippen LogP contribution in [0.2, 0.25) is 0 Å². The van der Waals surface area contributed by atoms with Crippen LogP contribution in [0.3, 0.4) is 0 Å². The van der Waals surface area contributed by atoms with Crippen LogP contribution in [0.15, 0.2) is 59.5 Å². The topological polar surface area (TPSA) is 121 Å². The fourth-order valence-corrected chi connectivity index (χ4v) is 3.07. The van der Waals surface area contributed by atoms with Gasteiger partial charge in [-0.25, -0.2) is 4.79 Å². The first kappa shape index (κ1) is 23.1. The second-order valence-corrected chi connectivity index (χ2v) is 7.31. The van der Waals surface area contributed by atoms with Gasteiger partial charge in [-0.3, -0.25) is 9.35 Å². The van der Waals surface area contributed by atoms with Gasteiger partial charge in [0.25, 0.3) is 10.1 Å². The molecule has 0 saturated carbocycles. The molecule has 7 nitrogen and oxygen atoms in total. The number of carboxylic acids is 1. The van der Waals surface area contributed by atoms with Crippen molar-refractivity contribution in [2.45, 2.75) is 32.1 Å². The molecule has 3 N–H and O–H groups in total. The predicted molar refractivity (Wildman–Crippen MR) is 107 cm³/mol. The van der Waals surface area contributed by atoms with Gasteiger partial charge in [0.15, 0.2) is 0 Å². The summed E-state index contributed by atoms with van der Waals surface area (Å²) in [6.45, 7) is 5.40. The highest BCUT2D eigenvalue weighted by Gasteiger charge is 2.12. The molecule has 0 spiro atoms. The summed E-state index contributed by atoms with van der Waals surface area (Å²) in [5.74, 6) is -1.58. The third-order valence-corrected chi connectivity index (χ3v) is 4.65. The smallest absolute Gasteiger partial charge is 0.328 e. The number of para-hydroxylation sites is 1. The Bertz CT molecular complexity index is 980. The molecule has 0 fully saturated rings. The van der Waals surface area contributed by atoms with Crippen molar-refractivity contribution in [2.24, 2.45) is 0 Å². The van der Waals surface area contributed by atoms with Gasteiger partial charge in [0.05, 0.1) is 4.90 Å². The Labute approximate surface area is 164 Å². The Morgan fingerprint density at radius 2 is 1.71 bits per heavy atom. The van der Waals surface area contributed by atoms with Crippen LogP contribution in [0, 0.1) is 13.8 Å². The number of hydrogen-bond donors (Lipinski definition) is 3. The Kier molecular flexibility index (Phi) is 8.56. The maximum atomic E-state index is 11.3. The number of carbonyl (C=O) groups excluding carboxylic acids is 1. The Hall–Kier alpha value is -2.97. The normalized spacial score (nSPS) is 10.9. The maximum Gasteiger partial charge on any atom is 0.328 e. The predicted octanol–water partition coefficient (Wildman–Crippen LogP) is 3.38. The van der Waals surface area contributed by atoms with Gasteiger partial charge in [0.2, 0.25) is 5.91 Å². The van der Waals surface area contributed by atoms with Gasteiger partial charge in [-0.1, -0.05) is 37.3 Å². The van der Waals surface area contributed by atoms with Crippen molar-refractivity contribution < 1.29 is 27.7 Å². The number of carbonyl (C=O) groups is 2. The van der Waals surface area contributed by atoms with Crippen LogP contribution in [0.25, 0.3) is 0 Å². The van der Waals surface area contributed by atoms with E-state index in [1.165, 1.54) is 6.07 Å². The van der Waals surface area contributed by atoms with E-state index < -0.39 is 22.0 Å². The molecule has 0 unspecified atom stereocenters. The minimum Gasteiger partial charge on any atom is -0.478 e. The minimum absolute atomic E-state index is 0.0116. The van der Waals surface area contributed by atoms with Crippen LogP contribution in [-0.4, -0.2) is 30.0 Å². The van der Waals surface area contributed by atoms with Crippen LogP contribution in [0.4, 0.5) is 5.69 Å². The molecule has 0 saturated heterocycles. The van der Waals surface area contributed by atoms with Crippen molar-refractivity contribution in [2.75, 3.05) is 5.32 Å². The summed E-state index contributed by atoms with van der Waals surface area (Å²) in [7, 11) is -4.06. The standard InChI is InChI=1S/C12H13NO3.C8H10O3S/c1-2-9-5-3-4-6-10(9)13-11(14)7-8-12(15)16;1-6-3-4-7(2)8(5-6)12(9,10)11/h3-8H,2H2,1H3,(H,13,14)(H,15,16);3-5H,1-2H3,(H,9,10,11). The largest absolute Gasteiger partial charge is 0.478 e. The average Bonchev–Trinajstić information content (AvgIpc) is 2.62. The monoisotopic (exact) mass is 405 g/mol. The third kappa shape index (κ3) is 7.73. The summed E-state index contributed by atoms with van der Waals surface area (Å²) >= 11 is 0. The van der Waals surface area contributed by atoms with Crippen LogP contribution < -0.4 is 5.32 Å². The van der Waals surface area contributed by atoms with Gasteiger partial charge in [-0.15, -0.1) is 0 Å². The number of nitrogens with one attached hydrogen (secondary N) is 1. The number of carboxylic acid groups (broad SMARTS) is 1. The molecule has 0 aromatic heterocycles. The summed E-state index contributed by atoms with van der Waals surface area (Å²) in [6.07, 6.45) is 2.61. The van der Waals surface area contributed by atoms with Crippen molar-refractivity contribution in [3.05, 3.63) is 71.3 Å². The van der Waals surface area contributed by atoms with E-state index in [0.29, 0.717) is 11.3 Å². The molecule has 2 aromatic carbocycles. The first-order valence-corrected chi connectivity index (χ1v) is 9.83. The number of rotatable bonds is 5. The first-order chi connectivity index (χ1) is 13.0. The van der Waals surface area contributed by atoms with E-state index in [1.807, 2.05) is 25.1 Å². The van der Waals surface area contributed by atoms with Gasteiger partial charge in [0, 0.05) is 17.8 Å². The Morgan fingerprint density at radius 1 is 1.07 bits per heavy atom. The lowest BCUT2D eigenvalue weighted by Gasteiger charge is -2.07. The number of benzene rings is 2. The summed E-state index contributed by atoms with van der Waals surface area (Å²) in [6, 6.07) is 12.3. The van der Waals surface area contributed by atoms with Crippen molar-refractivity contribution in [3.63, 3.8) is 0 Å². The number of aliphatic carboxylic acids is 1. The maximum absolute atomic E-state index is 11.3. The van der Waals surface area contributed by atoms with Gasteiger partial charge < -0.3 is 10.4 Å². The SMILES string of the molecule is CCc1ccccc1NC(=O)C=CC(=O)O.Cc1ccc(C)c(S(=O)(=O)O)c1. The zero-order valence-electron chi connectivity index (χ0n) is 15.8. The van der Waals surface area contributed by atoms with Gasteiger partial charge >= 0.3 is 5.97 Å². The van der Waals surface area contributed by atoms with Crippen molar-refractivity contribution in [1.29, 1.82) is 0 Å². The molecule has 2 rings (SSSR count). The van der Waals surface area contributed by atoms with E-state index >= 15 is 0 Å². The van der Waals surface area contributed by atoms with Gasteiger partial charge in [-0.2, -0.15) is 8.42 Å². The zero-order valence-corrected chi connectivity index (χ0v) is 16.7. The lowest BCUT2D eigenvalue weighted by atomic mass is 10.1. The summed E-state index contributed by atoms with van der Waals surface area (Å²) in [5, 5.41) is 11.0. The number of amides is 1. The summed E-state index contributed by atoms with van der Waals surface area (Å²) < 4.78 is 30.3. The molecule has 2 aromatic rings. The molecule has 1 amide bonds. The summed E-state index contributed by atoms with van der Waals surface area (Å²) in [5.41, 5.74) is 3.10. The van der Waals surface area contributed by atoms with E-state index in [1.54, 1.807) is 32.0 Å². The minimum atomic E-state index is -4.06. The molecular weight excluding hydrogens is 382 g/mol. The lowest BCUT2D eigenvalue weighted by Crippen LogP contribution is -2.10. The van der Waals surface area contributed by atoms with Crippen LogP contribution in [0.1, 0.15) is 23.6 Å². The van der Waals surface area contributed by atoms with E-state index in [2.05, 4.69) is 5.32 Å². The van der Waals surface area contributed by atoms with E-state index in [0.717, 1.165) is 29.7 Å². The molecule has 0 aliphatic carbocycles. The lowest BCUT2D eigenvalue weighted by molar-refractivity contribution is -0.131. The highest BCUT2D eigenvalue weighted by atomic mass is 32.2. The van der Waals surface area contributed by atoms with Crippen LogP contribution in [0.5, 0.6) is 0 Å². The second-order valence-electron chi connectivity index (χ2n) is 5.92. The second kappa shape index (κ2) is 10.4. The molecule has 0 atom stereocenters. The van der Waals surface area contributed by atoms with E-state index in [4.69, 9.17) is 9.66 Å². The van der Waals surface area contributed by atoms with Crippen molar-refractivity contribution >= 4 is 27.7 Å². The number of anilines is 1. The fourth-order valence-electron chi connectivity index (χ4n) is 2.26. The molecule has 0 radical (unpaired) electrons. The van der Waals surface area contributed by atoms with E-state index in [-0.39, 0.29) is 4.90 Å². The third-order valence-electron chi connectivity index (χ3n) is 3.65. The highest BCUT2D eigenvalue weighted by Crippen LogP contribution is 2.16. The molecule has 0 aliphatic rings. The molecule has 0 heterocycles. The average molecular weight is 405 g/mol. The van der Waals surface area contributed by atoms with Crippen LogP contribution in [-0.2, 0) is 26.1 Å². The number of aryl methyl sites for hydroxylation is 3. The fraction of sp³-hybridized carbons (Fsp3) is 0.200. The summed E-state index contributed by atoms with van der Waals surface area (Å²) in [4.78, 5) is 21.5. The molecule has 0 aliphatic heterocycles. The van der Waals surface area contributed by atoms with Gasteiger partial charge in [0.1, 0.15) is 0 Å². The molecule has 8 heteroatoms. The van der Waals surface area contributed by atoms with Gasteiger partial charge in [-0.05, 0) is 49.1 Å². The molecule has 150 valence electrons. The zero-order chi connectivity index (χ0) is 21.3. The highest BCUT2D eigenvalue weighted by molar-refractivity contribution is 7.85. The van der Waals surface area contributed by atoms with Crippen molar-refractivity contribution in [3.8, 4) is 0 Å². The van der Waals surface area contributed by atoms with E-state index in [9.17, 15) is 18.0 Å². The van der Waals surface area contributed by atoms with Crippen LogP contribution >= 0.6 is 0 Å². The molecular formula is C20H23NO6S. The molecule has 28 heavy (non-hydrogen) atoms. The quantitative estimate of drug-likeness (QED) is 0.518. The Balaban J connectivity index is 0.000000292. The first-order valence-electron chi connectivity index (χ1n) is 8.39. The molecule has 0 bridgehead atoms.